The SMILES string of the molecule is CC/C=C\C/C=C\C/C=C\C/C=C\C/C=C\CCCCCC(=O)OC[C@H](COC(=O)CCCCCCCCCCCCCCC)OC(=O)CCCCCCCCCCCCCC. The molecular formula is C56H98O6. The fourth-order valence-electron chi connectivity index (χ4n) is 7.35. The molecular weight excluding hydrogens is 769 g/mol. The normalized spacial score (nSPS) is 12.5. The zero-order valence-corrected chi connectivity index (χ0v) is 40.9. The van der Waals surface area contributed by atoms with Crippen molar-refractivity contribution in [2.45, 2.75) is 264 Å². The van der Waals surface area contributed by atoms with Gasteiger partial charge in [0.05, 0.1) is 0 Å². The quantitative estimate of drug-likeness (QED) is 0.0262. The average Bonchev–Trinajstić information content (AvgIpc) is 3.27. The summed E-state index contributed by atoms with van der Waals surface area (Å²) in [6.07, 6.45) is 62.0. The van der Waals surface area contributed by atoms with Gasteiger partial charge in [-0.05, 0) is 64.2 Å². The van der Waals surface area contributed by atoms with E-state index in [-0.39, 0.29) is 31.1 Å². The molecule has 0 bridgehead atoms. The number of carbonyl (C=O) groups is 3. The van der Waals surface area contributed by atoms with Gasteiger partial charge in [-0.15, -0.1) is 0 Å². The first kappa shape index (κ1) is 59.1. The summed E-state index contributed by atoms with van der Waals surface area (Å²) < 4.78 is 16.8. The molecule has 0 rings (SSSR count). The largest absolute Gasteiger partial charge is 0.462 e. The topological polar surface area (TPSA) is 78.9 Å². The van der Waals surface area contributed by atoms with Gasteiger partial charge in [0.2, 0.25) is 0 Å². The van der Waals surface area contributed by atoms with Gasteiger partial charge in [0.15, 0.2) is 6.10 Å². The van der Waals surface area contributed by atoms with E-state index in [0.29, 0.717) is 19.3 Å². The van der Waals surface area contributed by atoms with E-state index in [1.807, 2.05) is 0 Å². The number of esters is 3. The van der Waals surface area contributed by atoms with Gasteiger partial charge in [-0.2, -0.15) is 0 Å². The van der Waals surface area contributed by atoms with E-state index in [0.717, 1.165) is 96.3 Å². The molecule has 0 N–H and O–H groups in total. The molecule has 0 aromatic carbocycles. The number of allylic oxidation sites excluding steroid dienone is 10. The van der Waals surface area contributed by atoms with Crippen LogP contribution in [0.5, 0.6) is 0 Å². The minimum absolute atomic E-state index is 0.0814. The van der Waals surface area contributed by atoms with Crippen molar-refractivity contribution >= 4 is 17.9 Å². The molecule has 0 fully saturated rings. The highest BCUT2D eigenvalue weighted by Crippen LogP contribution is 2.15. The highest BCUT2D eigenvalue weighted by molar-refractivity contribution is 5.71. The van der Waals surface area contributed by atoms with E-state index >= 15 is 0 Å². The third-order valence-corrected chi connectivity index (χ3v) is 11.3. The predicted molar refractivity (Wildman–Crippen MR) is 265 cm³/mol. The molecule has 0 saturated heterocycles. The Hall–Kier alpha value is -2.89. The zero-order valence-electron chi connectivity index (χ0n) is 40.9. The Labute approximate surface area is 383 Å². The molecule has 0 aromatic rings. The predicted octanol–water partition coefficient (Wildman–Crippen LogP) is 17.3. The zero-order chi connectivity index (χ0) is 45.1. The lowest BCUT2D eigenvalue weighted by molar-refractivity contribution is -0.167. The van der Waals surface area contributed by atoms with Crippen LogP contribution < -0.4 is 0 Å². The highest BCUT2D eigenvalue weighted by Gasteiger charge is 2.19. The van der Waals surface area contributed by atoms with E-state index in [9.17, 15) is 14.4 Å². The molecule has 1 atom stereocenters. The summed E-state index contributed by atoms with van der Waals surface area (Å²) in [5.41, 5.74) is 0. The van der Waals surface area contributed by atoms with Gasteiger partial charge >= 0.3 is 17.9 Å². The average molecular weight is 867 g/mol. The monoisotopic (exact) mass is 867 g/mol. The maximum Gasteiger partial charge on any atom is 0.306 e. The molecule has 0 saturated carbocycles. The maximum atomic E-state index is 12.8. The standard InChI is InChI=1S/C56H98O6/c1-4-7-10-13-16-19-22-25-26-27-28-29-30-32-35-37-40-43-46-49-55(58)61-52-53(62-56(59)50-47-44-41-38-33-24-21-18-15-12-9-6-3)51-60-54(57)48-45-42-39-36-34-31-23-20-17-14-11-8-5-2/h7,10,16,19,25-26,28-29,32,35,53H,4-6,8-9,11-15,17-18,20-24,27,30-31,33-34,36-52H2,1-3H3/b10-7-,19-16-,26-25-,29-28-,35-32-/t53-/m0/s1. The van der Waals surface area contributed by atoms with Crippen LogP contribution in [0.1, 0.15) is 258 Å². The molecule has 358 valence electrons. The molecule has 0 aromatic heterocycles. The number of ether oxygens (including phenoxy) is 3. The lowest BCUT2D eigenvalue weighted by Gasteiger charge is -2.18. The second kappa shape index (κ2) is 50.8. The second-order valence-corrected chi connectivity index (χ2v) is 17.4. The van der Waals surface area contributed by atoms with Gasteiger partial charge in [-0.1, -0.05) is 236 Å². The summed E-state index contributed by atoms with van der Waals surface area (Å²) in [6.45, 7) is 6.50. The number of carbonyl (C=O) groups excluding carboxylic acids is 3. The number of hydrogen-bond acceptors (Lipinski definition) is 6. The van der Waals surface area contributed by atoms with Gasteiger partial charge in [0.1, 0.15) is 13.2 Å². The maximum absolute atomic E-state index is 12.8. The third-order valence-electron chi connectivity index (χ3n) is 11.3. The van der Waals surface area contributed by atoms with Crippen molar-refractivity contribution in [2.24, 2.45) is 0 Å². The van der Waals surface area contributed by atoms with E-state index in [1.165, 1.54) is 122 Å². The molecule has 0 radical (unpaired) electrons. The summed E-state index contributed by atoms with van der Waals surface area (Å²) in [5, 5.41) is 0. The molecule has 0 aliphatic heterocycles. The van der Waals surface area contributed by atoms with Crippen LogP contribution in [0.3, 0.4) is 0 Å². The number of hydrogen-bond donors (Lipinski definition) is 0. The molecule has 0 spiro atoms. The summed E-state index contributed by atoms with van der Waals surface area (Å²) in [7, 11) is 0. The molecule has 62 heavy (non-hydrogen) atoms. The van der Waals surface area contributed by atoms with E-state index in [4.69, 9.17) is 14.2 Å². The first-order chi connectivity index (χ1) is 30.5. The van der Waals surface area contributed by atoms with Crippen molar-refractivity contribution in [1.29, 1.82) is 0 Å². The van der Waals surface area contributed by atoms with Crippen LogP contribution in [0.4, 0.5) is 0 Å². The van der Waals surface area contributed by atoms with Crippen molar-refractivity contribution in [3.8, 4) is 0 Å². The van der Waals surface area contributed by atoms with Gasteiger partial charge < -0.3 is 14.2 Å². The first-order valence-corrected chi connectivity index (χ1v) is 26.3. The van der Waals surface area contributed by atoms with Gasteiger partial charge in [0, 0.05) is 19.3 Å². The fourth-order valence-corrected chi connectivity index (χ4v) is 7.35. The van der Waals surface area contributed by atoms with Crippen LogP contribution >= 0.6 is 0 Å². The Balaban J connectivity index is 4.40. The molecule has 6 heteroatoms. The molecule has 0 aliphatic carbocycles. The van der Waals surface area contributed by atoms with Crippen molar-refractivity contribution < 1.29 is 28.6 Å². The van der Waals surface area contributed by atoms with Crippen LogP contribution in [0.15, 0.2) is 60.8 Å². The molecule has 0 unspecified atom stereocenters. The Kier molecular flexibility index (Phi) is 48.4. The smallest absolute Gasteiger partial charge is 0.306 e. The number of rotatable bonds is 47. The Morgan fingerprint density at radius 1 is 0.339 bits per heavy atom. The highest BCUT2D eigenvalue weighted by atomic mass is 16.6. The van der Waals surface area contributed by atoms with Gasteiger partial charge in [-0.3, -0.25) is 14.4 Å². The van der Waals surface area contributed by atoms with Gasteiger partial charge in [-0.25, -0.2) is 0 Å². The number of unbranched alkanes of at least 4 members (excludes halogenated alkanes) is 26. The Bertz CT molecular complexity index is 1130. The summed E-state index contributed by atoms with van der Waals surface area (Å²) >= 11 is 0. The second-order valence-electron chi connectivity index (χ2n) is 17.4. The lowest BCUT2D eigenvalue weighted by atomic mass is 10.0. The van der Waals surface area contributed by atoms with Crippen molar-refractivity contribution in [2.75, 3.05) is 13.2 Å². The third kappa shape index (κ3) is 48.1. The minimum atomic E-state index is -0.783. The van der Waals surface area contributed by atoms with Crippen LogP contribution in [0.25, 0.3) is 0 Å². The van der Waals surface area contributed by atoms with Crippen LogP contribution in [0, 0.1) is 0 Å². The van der Waals surface area contributed by atoms with Crippen molar-refractivity contribution in [3.63, 3.8) is 0 Å². The fraction of sp³-hybridized carbons (Fsp3) is 0.768. The summed E-state index contributed by atoms with van der Waals surface area (Å²) in [5.74, 6) is -0.908. The molecule has 0 amide bonds. The minimum Gasteiger partial charge on any atom is -0.462 e. The molecule has 0 aliphatic rings. The van der Waals surface area contributed by atoms with Gasteiger partial charge in [0.25, 0.3) is 0 Å². The van der Waals surface area contributed by atoms with Crippen molar-refractivity contribution in [1.82, 2.24) is 0 Å². The van der Waals surface area contributed by atoms with Crippen LogP contribution in [-0.4, -0.2) is 37.2 Å². The Morgan fingerprint density at radius 3 is 0.984 bits per heavy atom. The summed E-state index contributed by atoms with van der Waals surface area (Å²) in [4.78, 5) is 38.0. The molecule has 0 heterocycles. The Morgan fingerprint density at radius 2 is 0.629 bits per heavy atom. The van der Waals surface area contributed by atoms with Crippen molar-refractivity contribution in [3.05, 3.63) is 60.8 Å². The van der Waals surface area contributed by atoms with Crippen LogP contribution in [0.2, 0.25) is 0 Å². The first-order valence-electron chi connectivity index (χ1n) is 26.3. The summed E-state index contributed by atoms with van der Waals surface area (Å²) in [6, 6.07) is 0. The van der Waals surface area contributed by atoms with Crippen LogP contribution in [-0.2, 0) is 28.6 Å². The molecule has 6 nitrogen and oxygen atoms in total. The lowest BCUT2D eigenvalue weighted by Crippen LogP contribution is -2.30. The van der Waals surface area contributed by atoms with E-state index in [2.05, 4.69) is 81.5 Å². The van der Waals surface area contributed by atoms with E-state index < -0.39 is 6.10 Å². The van der Waals surface area contributed by atoms with E-state index in [1.54, 1.807) is 0 Å².